The summed E-state index contributed by atoms with van der Waals surface area (Å²) in [7, 11) is 0. The maximum Gasteiger partial charge on any atom is 0.321 e. The van der Waals surface area contributed by atoms with E-state index in [1.807, 2.05) is 61.3 Å². The van der Waals surface area contributed by atoms with Crippen LogP contribution in [0, 0.1) is 0 Å². The molecule has 0 saturated carbocycles. The summed E-state index contributed by atoms with van der Waals surface area (Å²) in [6.45, 7) is 7.09. The average molecular weight is 465 g/mol. The van der Waals surface area contributed by atoms with Gasteiger partial charge >= 0.3 is 6.03 Å². The van der Waals surface area contributed by atoms with Gasteiger partial charge in [0.25, 0.3) is 0 Å². The molecule has 0 radical (unpaired) electrons. The molecule has 5 nitrogen and oxygen atoms in total. The molecular formula is C27H33ClN4O. The van der Waals surface area contributed by atoms with Crippen LogP contribution >= 0.6 is 11.6 Å². The fourth-order valence-corrected chi connectivity index (χ4v) is 5.14. The van der Waals surface area contributed by atoms with E-state index in [1.54, 1.807) is 0 Å². The van der Waals surface area contributed by atoms with Crippen LogP contribution in [0.5, 0.6) is 0 Å². The Morgan fingerprint density at radius 3 is 2.55 bits per heavy atom. The number of amides is 2. The Bertz CT molecular complexity index is 1010. The fraction of sp³-hybridized carbons (Fsp3) is 0.370. The standard InChI is InChI=1S/C25H27ClN4O.C2H6/c26-20-10-11-22-19(17-20)9-8-18-5-4-12-27-23(18)24(22)29-13-15-30(16-14-29)25(31)28-21-6-2-1-3-7-21;1-2/h1-7,10-12,17,23-24,27H,8-9,13-16H2,(H,28,31);1-2H3. The summed E-state index contributed by atoms with van der Waals surface area (Å²) in [6.07, 6.45) is 8.43. The minimum Gasteiger partial charge on any atom is -0.382 e. The van der Waals surface area contributed by atoms with Gasteiger partial charge in [0.05, 0.1) is 12.1 Å². The molecule has 0 aromatic heterocycles. The van der Waals surface area contributed by atoms with Gasteiger partial charge < -0.3 is 15.5 Å². The molecule has 33 heavy (non-hydrogen) atoms. The summed E-state index contributed by atoms with van der Waals surface area (Å²) in [5, 5.41) is 7.42. The van der Waals surface area contributed by atoms with Crippen molar-refractivity contribution in [3.05, 3.63) is 88.6 Å². The number of dihydropyridines is 1. The average Bonchev–Trinajstić information content (AvgIpc) is 3.02. The number of urea groups is 1. The number of nitrogens with zero attached hydrogens (tertiary/aromatic N) is 2. The van der Waals surface area contributed by atoms with E-state index in [4.69, 9.17) is 11.6 Å². The maximum absolute atomic E-state index is 12.7. The number of carbonyl (C=O) groups is 1. The molecule has 2 amide bonds. The van der Waals surface area contributed by atoms with E-state index in [0.717, 1.165) is 36.6 Å². The molecule has 2 atom stereocenters. The van der Waals surface area contributed by atoms with E-state index in [1.165, 1.54) is 16.7 Å². The molecule has 1 saturated heterocycles. The molecule has 2 unspecified atom stereocenters. The van der Waals surface area contributed by atoms with Crippen molar-refractivity contribution in [3.63, 3.8) is 0 Å². The van der Waals surface area contributed by atoms with Crippen LogP contribution < -0.4 is 10.6 Å². The van der Waals surface area contributed by atoms with Crippen molar-refractivity contribution in [2.75, 3.05) is 31.5 Å². The zero-order valence-electron chi connectivity index (χ0n) is 19.4. The van der Waals surface area contributed by atoms with Gasteiger partial charge in [0, 0.05) is 36.9 Å². The molecule has 0 bridgehead atoms. The largest absolute Gasteiger partial charge is 0.382 e. The number of halogens is 1. The van der Waals surface area contributed by atoms with Crippen LogP contribution in [0.15, 0.2) is 72.5 Å². The van der Waals surface area contributed by atoms with E-state index in [-0.39, 0.29) is 18.1 Å². The number of aryl methyl sites for hydroxylation is 1. The molecule has 2 aliphatic heterocycles. The molecule has 174 valence electrons. The van der Waals surface area contributed by atoms with Gasteiger partial charge in [-0.05, 0) is 66.1 Å². The third-order valence-electron chi connectivity index (χ3n) is 6.52. The van der Waals surface area contributed by atoms with E-state index in [9.17, 15) is 4.79 Å². The zero-order valence-corrected chi connectivity index (χ0v) is 20.2. The smallest absolute Gasteiger partial charge is 0.321 e. The molecule has 0 spiro atoms. The summed E-state index contributed by atoms with van der Waals surface area (Å²) in [4.78, 5) is 17.2. The number of benzene rings is 2. The van der Waals surface area contributed by atoms with Gasteiger partial charge in [-0.15, -0.1) is 0 Å². The van der Waals surface area contributed by atoms with Crippen molar-refractivity contribution in [1.82, 2.24) is 15.1 Å². The molecule has 2 aromatic rings. The SMILES string of the molecule is CC.O=C(Nc1ccccc1)N1CCN(C2c3ccc(Cl)cc3CCC3=CC=CNC32)CC1. The minimum absolute atomic E-state index is 0.0294. The van der Waals surface area contributed by atoms with Crippen LogP contribution in [0.3, 0.4) is 0 Å². The Hall–Kier alpha value is -2.76. The summed E-state index contributed by atoms with van der Waals surface area (Å²) in [6, 6.07) is 16.4. The van der Waals surface area contributed by atoms with E-state index in [2.05, 4.69) is 39.8 Å². The Labute approximate surface area is 202 Å². The number of piperazine rings is 1. The lowest BCUT2D eigenvalue weighted by molar-refractivity contribution is 0.101. The van der Waals surface area contributed by atoms with Crippen molar-refractivity contribution in [3.8, 4) is 0 Å². The normalized spacial score (nSPS) is 21.9. The first-order valence-corrected chi connectivity index (χ1v) is 12.3. The number of hydrogen-bond donors (Lipinski definition) is 2. The van der Waals surface area contributed by atoms with Crippen LogP contribution in [0.25, 0.3) is 0 Å². The quantitative estimate of drug-likeness (QED) is 0.606. The number of hydrogen-bond acceptors (Lipinski definition) is 3. The van der Waals surface area contributed by atoms with Crippen molar-refractivity contribution in [2.24, 2.45) is 0 Å². The predicted octanol–water partition coefficient (Wildman–Crippen LogP) is 5.62. The van der Waals surface area contributed by atoms with Gasteiger partial charge in [-0.2, -0.15) is 0 Å². The van der Waals surface area contributed by atoms with E-state index in [0.29, 0.717) is 13.1 Å². The highest BCUT2D eigenvalue weighted by Crippen LogP contribution is 2.38. The first-order valence-electron chi connectivity index (χ1n) is 11.9. The van der Waals surface area contributed by atoms with Crippen LogP contribution in [0.1, 0.15) is 37.4 Å². The number of rotatable bonds is 2. The molecule has 1 fully saturated rings. The Morgan fingerprint density at radius 2 is 1.79 bits per heavy atom. The molecule has 3 aliphatic rings. The highest BCUT2D eigenvalue weighted by atomic mass is 35.5. The number of nitrogens with one attached hydrogen (secondary N) is 2. The molecule has 2 aromatic carbocycles. The van der Waals surface area contributed by atoms with Crippen molar-refractivity contribution < 1.29 is 4.79 Å². The van der Waals surface area contributed by atoms with Crippen molar-refractivity contribution >= 4 is 23.3 Å². The molecule has 6 heteroatoms. The second kappa shape index (κ2) is 10.9. The van der Waals surface area contributed by atoms with Gasteiger partial charge in [0.15, 0.2) is 0 Å². The lowest BCUT2D eigenvalue weighted by Crippen LogP contribution is -2.54. The number of fused-ring (bicyclic) bond motifs is 2. The molecular weight excluding hydrogens is 432 g/mol. The topological polar surface area (TPSA) is 47.6 Å². The number of anilines is 1. The second-order valence-electron chi connectivity index (χ2n) is 8.35. The molecule has 1 aliphatic carbocycles. The summed E-state index contributed by atoms with van der Waals surface area (Å²) >= 11 is 6.33. The lowest BCUT2D eigenvalue weighted by Gasteiger charge is -2.43. The van der Waals surface area contributed by atoms with Crippen LogP contribution in [0.2, 0.25) is 5.02 Å². The van der Waals surface area contributed by atoms with Crippen LogP contribution in [-0.4, -0.2) is 48.1 Å². The lowest BCUT2D eigenvalue weighted by atomic mass is 9.90. The van der Waals surface area contributed by atoms with E-state index >= 15 is 0 Å². The van der Waals surface area contributed by atoms with E-state index < -0.39 is 0 Å². The van der Waals surface area contributed by atoms with Gasteiger partial charge in [0.2, 0.25) is 0 Å². The Kier molecular flexibility index (Phi) is 7.73. The highest BCUT2D eigenvalue weighted by molar-refractivity contribution is 6.30. The van der Waals surface area contributed by atoms with Crippen molar-refractivity contribution in [1.29, 1.82) is 0 Å². The summed E-state index contributed by atoms with van der Waals surface area (Å²) in [5.74, 6) is 0. The van der Waals surface area contributed by atoms with Crippen LogP contribution in [-0.2, 0) is 6.42 Å². The number of carbonyl (C=O) groups excluding carboxylic acids is 1. The minimum atomic E-state index is -0.0294. The predicted molar refractivity (Wildman–Crippen MR) is 137 cm³/mol. The van der Waals surface area contributed by atoms with Gasteiger partial charge in [0.1, 0.15) is 0 Å². The maximum atomic E-state index is 12.7. The second-order valence-corrected chi connectivity index (χ2v) is 8.79. The first-order chi connectivity index (χ1) is 16.2. The summed E-state index contributed by atoms with van der Waals surface area (Å²) in [5.41, 5.74) is 4.95. The summed E-state index contributed by atoms with van der Waals surface area (Å²) < 4.78 is 0. The van der Waals surface area contributed by atoms with Crippen molar-refractivity contribution in [2.45, 2.75) is 38.8 Å². The monoisotopic (exact) mass is 464 g/mol. The van der Waals surface area contributed by atoms with Gasteiger partial charge in [-0.1, -0.05) is 55.8 Å². The van der Waals surface area contributed by atoms with Gasteiger partial charge in [-0.3, -0.25) is 4.90 Å². The zero-order chi connectivity index (χ0) is 23.2. The third kappa shape index (κ3) is 5.26. The number of allylic oxidation sites excluding steroid dienone is 2. The van der Waals surface area contributed by atoms with Crippen LogP contribution in [0.4, 0.5) is 10.5 Å². The molecule has 5 rings (SSSR count). The molecule has 2 heterocycles. The third-order valence-corrected chi connectivity index (χ3v) is 6.76. The van der Waals surface area contributed by atoms with Gasteiger partial charge in [-0.25, -0.2) is 4.79 Å². The highest BCUT2D eigenvalue weighted by Gasteiger charge is 2.37. The Balaban J connectivity index is 0.00000126. The fourth-order valence-electron chi connectivity index (χ4n) is 4.95. The first kappa shape index (κ1) is 23.4. The number of para-hydroxylation sites is 1. The molecule has 2 N–H and O–H groups in total. The Morgan fingerprint density at radius 1 is 1.03 bits per heavy atom.